The molecule has 1 amide bonds. The zero-order valence-corrected chi connectivity index (χ0v) is 15.9. The number of nitrogens with one attached hydrogen (secondary N) is 1. The van der Waals surface area contributed by atoms with Crippen LogP contribution < -0.4 is 10.2 Å². The maximum absolute atomic E-state index is 13.1. The van der Waals surface area contributed by atoms with Crippen molar-refractivity contribution in [1.29, 1.82) is 0 Å². The second-order valence-electron chi connectivity index (χ2n) is 7.95. The SMILES string of the molecule is Cn1c(N2CCOCC2)nc2cc(C(=O)N3C[C@@H]4CCCN[C@@H]4C3)ccc21. The van der Waals surface area contributed by atoms with Crippen LogP contribution in [0.1, 0.15) is 23.2 Å². The van der Waals surface area contributed by atoms with Gasteiger partial charge in [-0.1, -0.05) is 0 Å². The number of hydrogen-bond acceptors (Lipinski definition) is 5. The van der Waals surface area contributed by atoms with Gasteiger partial charge in [0.2, 0.25) is 5.95 Å². The Morgan fingerprint density at radius 2 is 2.11 bits per heavy atom. The zero-order valence-electron chi connectivity index (χ0n) is 15.9. The minimum atomic E-state index is 0.131. The van der Waals surface area contributed by atoms with Gasteiger partial charge in [-0.25, -0.2) is 4.98 Å². The van der Waals surface area contributed by atoms with Crippen molar-refractivity contribution in [2.45, 2.75) is 18.9 Å². The minimum Gasteiger partial charge on any atom is -0.378 e. The van der Waals surface area contributed by atoms with Crippen LogP contribution in [0.15, 0.2) is 18.2 Å². The van der Waals surface area contributed by atoms with Crippen LogP contribution in [-0.2, 0) is 11.8 Å². The van der Waals surface area contributed by atoms with E-state index in [1.165, 1.54) is 12.8 Å². The molecule has 2 aromatic rings. The molecule has 5 rings (SSSR count). The van der Waals surface area contributed by atoms with Crippen molar-refractivity contribution in [1.82, 2.24) is 19.8 Å². The van der Waals surface area contributed by atoms with Crippen LogP contribution >= 0.6 is 0 Å². The van der Waals surface area contributed by atoms with Gasteiger partial charge in [0.15, 0.2) is 0 Å². The molecule has 27 heavy (non-hydrogen) atoms. The van der Waals surface area contributed by atoms with Gasteiger partial charge in [-0.05, 0) is 43.5 Å². The Kier molecular flexibility index (Phi) is 4.28. The van der Waals surface area contributed by atoms with E-state index in [9.17, 15) is 4.79 Å². The number of fused-ring (bicyclic) bond motifs is 2. The molecular weight excluding hydrogens is 342 g/mol. The quantitative estimate of drug-likeness (QED) is 0.863. The second kappa shape index (κ2) is 6.80. The van der Waals surface area contributed by atoms with E-state index in [1.54, 1.807) is 0 Å². The fourth-order valence-corrected chi connectivity index (χ4v) is 4.76. The zero-order chi connectivity index (χ0) is 18.4. The summed E-state index contributed by atoms with van der Waals surface area (Å²) in [5.41, 5.74) is 2.69. The highest BCUT2D eigenvalue weighted by Gasteiger charge is 2.36. The molecule has 0 bridgehead atoms. The van der Waals surface area contributed by atoms with E-state index >= 15 is 0 Å². The number of rotatable bonds is 2. The fraction of sp³-hybridized carbons (Fsp3) is 0.600. The molecule has 0 unspecified atom stereocenters. The van der Waals surface area contributed by atoms with Gasteiger partial charge in [-0.15, -0.1) is 0 Å². The monoisotopic (exact) mass is 369 g/mol. The maximum atomic E-state index is 13.1. The van der Waals surface area contributed by atoms with E-state index in [1.807, 2.05) is 30.1 Å². The third kappa shape index (κ3) is 2.99. The third-order valence-electron chi connectivity index (χ3n) is 6.28. The number of amides is 1. The summed E-state index contributed by atoms with van der Waals surface area (Å²) in [4.78, 5) is 22.2. The summed E-state index contributed by atoms with van der Waals surface area (Å²) in [6, 6.07) is 6.40. The van der Waals surface area contributed by atoms with Crippen LogP contribution in [0.25, 0.3) is 11.0 Å². The van der Waals surface area contributed by atoms with Gasteiger partial charge in [0.05, 0.1) is 24.2 Å². The maximum Gasteiger partial charge on any atom is 0.253 e. The Bertz CT molecular complexity index is 843. The van der Waals surface area contributed by atoms with Crippen molar-refractivity contribution in [2.24, 2.45) is 13.0 Å². The Morgan fingerprint density at radius 1 is 1.26 bits per heavy atom. The molecule has 144 valence electrons. The first-order valence-electron chi connectivity index (χ1n) is 10.0. The molecule has 0 radical (unpaired) electrons. The van der Waals surface area contributed by atoms with Crippen molar-refractivity contribution >= 4 is 22.9 Å². The topological polar surface area (TPSA) is 62.6 Å². The molecule has 3 aliphatic heterocycles. The minimum absolute atomic E-state index is 0.131. The lowest BCUT2D eigenvalue weighted by Gasteiger charge is -2.27. The largest absolute Gasteiger partial charge is 0.378 e. The molecule has 2 atom stereocenters. The smallest absolute Gasteiger partial charge is 0.253 e. The number of likely N-dealkylation sites (tertiary alicyclic amines) is 1. The third-order valence-corrected chi connectivity index (χ3v) is 6.28. The lowest BCUT2D eigenvalue weighted by Crippen LogP contribution is -2.41. The lowest BCUT2D eigenvalue weighted by atomic mass is 9.94. The van der Waals surface area contributed by atoms with Crippen LogP contribution in [0, 0.1) is 5.92 Å². The first-order chi connectivity index (χ1) is 13.2. The Morgan fingerprint density at radius 3 is 2.93 bits per heavy atom. The van der Waals surface area contributed by atoms with Crippen molar-refractivity contribution in [2.75, 3.05) is 50.8 Å². The Balaban J connectivity index is 1.40. The van der Waals surface area contributed by atoms with Gasteiger partial charge in [0, 0.05) is 44.8 Å². The normalized spacial score (nSPS) is 25.8. The number of ether oxygens (including phenoxy) is 1. The number of benzene rings is 1. The average Bonchev–Trinajstić information content (AvgIpc) is 3.29. The van der Waals surface area contributed by atoms with Crippen molar-refractivity contribution in [3.63, 3.8) is 0 Å². The number of aryl methyl sites for hydroxylation is 1. The molecular formula is C20H27N5O2. The highest BCUT2D eigenvalue weighted by molar-refractivity contribution is 5.98. The summed E-state index contributed by atoms with van der Waals surface area (Å²) in [5, 5.41) is 3.57. The van der Waals surface area contributed by atoms with E-state index in [0.717, 1.165) is 68.5 Å². The molecule has 1 N–H and O–H groups in total. The van der Waals surface area contributed by atoms with E-state index < -0.39 is 0 Å². The lowest BCUT2D eigenvalue weighted by molar-refractivity contribution is 0.0786. The molecule has 7 nitrogen and oxygen atoms in total. The van der Waals surface area contributed by atoms with Crippen LogP contribution in [0.3, 0.4) is 0 Å². The number of imidazole rings is 1. The molecule has 3 saturated heterocycles. The van der Waals surface area contributed by atoms with E-state index in [2.05, 4.69) is 14.8 Å². The standard InChI is InChI=1S/C20H27N5O2/c1-23-18-5-4-14(11-16(18)22-20(23)24-7-9-27-10-8-24)19(26)25-12-15-3-2-6-21-17(15)13-25/h4-5,11,15,17,21H,2-3,6-10,12-13H2,1H3/t15-,17+/m0/s1. The molecule has 1 aromatic carbocycles. The van der Waals surface area contributed by atoms with Crippen LogP contribution in [0.5, 0.6) is 0 Å². The predicted molar refractivity (Wildman–Crippen MR) is 104 cm³/mol. The number of nitrogens with zero attached hydrogens (tertiary/aromatic N) is 4. The summed E-state index contributed by atoms with van der Waals surface area (Å²) in [6.45, 7) is 5.95. The summed E-state index contributed by atoms with van der Waals surface area (Å²) < 4.78 is 7.56. The molecule has 1 aromatic heterocycles. The second-order valence-corrected chi connectivity index (χ2v) is 7.95. The summed E-state index contributed by atoms with van der Waals surface area (Å²) in [5.74, 6) is 1.69. The van der Waals surface area contributed by atoms with Gasteiger partial charge < -0.3 is 24.4 Å². The molecule has 7 heteroatoms. The Labute approximate surface area is 159 Å². The Hall–Kier alpha value is -2.12. The molecule has 0 saturated carbocycles. The summed E-state index contributed by atoms with van der Waals surface area (Å²) in [6.07, 6.45) is 2.44. The molecule has 4 heterocycles. The van der Waals surface area contributed by atoms with Gasteiger partial charge in [-0.2, -0.15) is 0 Å². The van der Waals surface area contributed by atoms with E-state index in [4.69, 9.17) is 9.72 Å². The van der Waals surface area contributed by atoms with Crippen LogP contribution in [-0.4, -0.2) is 72.3 Å². The first kappa shape index (κ1) is 17.0. The molecule has 3 fully saturated rings. The van der Waals surface area contributed by atoms with Crippen LogP contribution in [0.2, 0.25) is 0 Å². The summed E-state index contributed by atoms with van der Waals surface area (Å²) >= 11 is 0. The van der Waals surface area contributed by atoms with Gasteiger partial charge in [-0.3, -0.25) is 4.79 Å². The number of morpholine rings is 1. The van der Waals surface area contributed by atoms with Gasteiger partial charge in [0.1, 0.15) is 0 Å². The van der Waals surface area contributed by atoms with Crippen molar-refractivity contribution in [3.8, 4) is 0 Å². The van der Waals surface area contributed by atoms with Crippen molar-refractivity contribution < 1.29 is 9.53 Å². The van der Waals surface area contributed by atoms with E-state index in [-0.39, 0.29) is 5.91 Å². The number of aromatic nitrogens is 2. The van der Waals surface area contributed by atoms with Crippen molar-refractivity contribution in [3.05, 3.63) is 23.8 Å². The molecule has 3 aliphatic rings. The highest BCUT2D eigenvalue weighted by Crippen LogP contribution is 2.28. The first-order valence-corrected chi connectivity index (χ1v) is 10.0. The van der Waals surface area contributed by atoms with Gasteiger partial charge >= 0.3 is 0 Å². The molecule has 0 spiro atoms. The number of piperidine rings is 1. The molecule has 0 aliphatic carbocycles. The number of carbonyl (C=O) groups excluding carboxylic acids is 1. The van der Waals surface area contributed by atoms with Gasteiger partial charge in [0.25, 0.3) is 5.91 Å². The fourth-order valence-electron chi connectivity index (χ4n) is 4.76. The number of anilines is 1. The van der Waals surface area contributed by atoms with Crippen LogP contribution in [0.4, 0.5) is 5.95 Å². The average molecular weight is 369 g/mol. The summed E-state index contributed by atoms with van der Waals surface area (Å²) in [7, 11) is 2.04. The predicted octanol–water partition coefficient (Wildman–Crippen LogP) is 1.23. The number of hydrogen-bond donors (Lipinski definition) is 1. The highest BCUT2D eigenvalue weighted by atomic mass is 16.5. The number of carbonyl (C=O) groups is 1. The van der Waals surface area contributed by atoms with E-state index in [0.29, 0.717) is 12.0 Å².